The topological polar surface area (TPSA) is 227 Å². The molecular formula is C50H14N12. The van der Waals surface area contributed by atoms with Gasteiger partial charge in [-0.1, -0.05) is 24.3 Å². The van der Waals surface area contributed by atoms with Crippen molar-refractivity contribution >= 4 is 56.1 Å². The van der Waals surface area contributed by atoms with Crippen LogP contribution < -0.4 is 0 Å². The fourth-order valence-electron chi connectivity index (χ4n) is 7.61. The van der Waals surface area contributed by atoms with Crippen molar-refractivity contribution < 1.29 is 0 Å². The van der Waals surface area contributed by atoms with Gasteiger partial charge in [-0.3, -0.25) is 9.69 Å². The van der Waals surface area contributed by atoms with Crippen molar-refractivity contribution in [2.75, 3.05) is 0 Å². The molecule has 2 aliphatic carbocycles. The highest BCUT2D eigenvalue weighted by Gasteiger charge is 2.38. The van der Waals surface area contributed by atoms with E-state index in [2.05, 4.69) is 32.7 Å². The Kier molecular flexibility index (Phi) is 10.0. The second kappa shape index (κ2) is 15.8. The number of rotatable bonds is 4. The van der Waals surface area contributed by atoms with Gasteiger partial charge in [0, 0.05) is 22.3 Å². The summed E-state index contributed by atoms with van der Waals surface area (Å²) in [6.45, 7) is 23.9. The largest absolute Gasteiger partial charge is 0.250 e. The summed E-state index contributed by atoms with van der Waals surface area (Å²) >= 11 is 0. The van der Waals surface area contributed by atoms with Crippen LogP contribution in [-0.4, -0.2) is 0 Å². The number of allylic oxidation sites excluding steroid dienone is 7. The molecule has 5 aromatic carbocycles. The number of fused-ring (bicyclic) bond motifs is 2. The van der Waals surface area contributed by atoms with Gasteiger partial charge in [0.15, 0.2) is 11.4 Å². The van der Waals surface area contributed by atoms with Crippen LogP contribution in [0.4, 0.5) is 11.4 Å². The van der Waals surface area contributed by atoms with Gasteiger partial charge in [-0.05, 0) is 105 Å². The van der Waals surface area contributed by atoms with Gasteiger partial charge in [0.25, 0.3) is 0 Å². The quantitative estimate of drug-likeness (QED) is 0.125. The van der Waals surface area contributed by atoms with E-state index in [0.29, 0.717) is 0 Å². The lowest BCUT2D eigenvalue weighted by Gasteiger charge is -2.16. The molecule has 0 bridgehead atoms. The molecule has 0 saturated heterocycles. The highest BCUT2D eigenvalue weighted by Crippen LogP contribution is 2.56. The van der Waals surface area contributed by atoms with Crippen LogP contribution in [0, 0.1) is 122 Å². The lowest BCUT2D eigenvalue weighted by atomic mass is 9.86. The molecule has 0 spiro atoms. The summed E-state index contributed by atoms with van der Waals surface area (Å²) in [6, 6.07) is 38.9. The highest BCUT2D eigenvalue weighted by molar-refractivity contribution is 6.34. The van der Waals surface area contributed by atoms with Crippen molar-refractivity contribution in [3.05, 3.63) is 197 Å². The first-order chi connectivity index (χ1) is 30.2. The van der Waals surface area contributed by atoms with Crippen molar-refractivity contribution in [3.8, 4) is 54.6 Å². The van der Waals surface area contributed by atoms with E-state index in [-0.39, 0.29) is 134 Å². The van der Waals surface area contributed by atoms with Crippen molar-refractivity contribution in [1.82, 2.24) is 0 Å². The monoisotopic (exact) mass is 782 g/mol. The Hall–Kier alpha value is -11.1. The van der Waals surface area contributed by atoms with Gasteiger partial charge in [0.05, 0.1) is 94.1 Å². The van der Waals surface area contributed by atoms with Gasteiger partial charge in [-0.2, -0.15) is 47.4 Å². The molecule has 0 fully saturated rings. The minimum Gasteiger partial charge on any atom is -0.250 e. The van der Waals surface area contributed by atoms with Crippen molar-refractivity contribution in [3.63, 3.8) is 0 Å². The van der Waals surface area contributed by atoms with E-state index in [4.69, 9.17) is 19.7 Å². The molecule has 0 aromatic heterocycles. The van der Waals surface area contributed by atoms with Gasteiger partial charge in [0.2, 0.25) is 5.70 Å². The predicted octanol–water partition coefficient (Wildman–Crippen LogP) is 10.1. The molecule has 0 heterocycles. The van der Waals surface area contributed by atoms with Crippen LogP contribution in [0.2, 0.25) is 0 Å². The third-order valence-electron chi connectivity index (χ3n) is 10.2. The molecule has 12 heteroatoms. The van der Waals surface area contributed by atoms with Gasteiger partial charge in [-0.15, -0.1) is 0 Å². The van der Waals surface area contributed by atoms with Gasteiger partial charge in [0.1, 0.15) is 30.3 Å². The number of nitriles is 9. The van der Waals surface area contributed by atoms with E-state index in [1.54, 1.807) is 12.1 Å². The average Bonchev–Trinajstić information content (AvgIpc) is 3.81. The highest BCUT2D eigenvalue weighted by atomic mass is 14.7. The molecule has 274 valence electrons. The first-order valence-corrected chi connectivity index (χ1v) is 17.7. The third kappa shape index (κ3) is 6.18. The van der Waals surface area contributed by atoms with E-state index in [1.807, 2.05) is 36.4 Å². The standard InChI is InChI=1S/C50H14N12/c1-60-44-7-6-32(15-45(44)61-2)46-42(25-58)37-16-38-40(17-39(37)48(46)41(24-57)34-10-27(18-51)8-28(11-34)19-52)49(50(62-3)35-12-29(20-53)9-30(13-35)21-54)47(43(38)26-59)31-4-5-33(22-55)36(14-31)23-56/h4-17H/b48-41-,50-49+. The first kappa shape index (κ1) is 39.2. The van der Waals surface area contributed by atoms with Crippen LogP contribution in [0.15, 0.2) is 84.9 Å². The minimum atomic E-state index is -0.0996. The van der Waals surface area contributed by atoms with Crippen LogP contribution in [0.3, 0.4) is 0 Å². The molecule has 12 nitrogen and oxygen atoms in total. The molecule has 7 rings (SSSR count). The number of nitrogens with zero attached hydrogens (tertiary/aromatic N) is 12. The number of hydrogen-bond donors (Lipinski definition) is 0. The molecular weight excluding hydrogens is 769 g/mol. The summed E-state index contributed by atoms with van der Waals surface area (Å²) in [5, 5.41) is 92.2. The van der Waals surface area contributed by atoms with Crippen molar-refractivity contribution in [2.45, 2.75) is 0 Å². The number of hydrogen-bond acceptors (Lipinski definition) is 9. The van der Waals surface area contributed by atoms with E-state index >= 15 is 0 Å². The van der Waals surface area contributed by atoms with Crippen LogP contribution >= 0.6 is 0 Å². The van der Waals surface area contributed by atoms with Gasteiger partial charge in [-0.25, -0.2) is 4.85 Å². The summed E-state index contributed by atoms with van der Waals surface area (Å²) in [5.41, 5.74) is 2.67. The van der Waals surface area contributed by atoms with Crippen LogP contribution in [0.25, 0.3) is 59.2 Å². The molecule has 0 aliphatic heterocycles. The van der Waals surface area contributed by atoms with Gasteiger partial charge < -0.3 is 0 Å². The molecule has 0 amide bonds. The molecule has 5 aromatic rings. The van der Waals surface area contributed by atoms with Crippen LogP contribution in [0.5, 0.6) is 0 Å². The molecule has 0 radical (unpaired) electrons. The third-order valence-corrected chi connectivity index (χ3v) is 10.2. The Balaban J connectivity index is 1.70. The average molecular weight is 783 g/mol. The van der Waals surface area contributed by atoms with Crippen LogP contribution in [-0.2, 0) is 0 Å². The second-order valence-electron chi connectivity index (χ2n) is 13.3. The lowest BCUT2D eigenvalue weighted by Crippen LogP contribution is -1.97. The molecule has 62 heavy (non-hydrogen) atoms. The Morgan fingerprint density at radius 1 is 0.419 bits per heavy atom. The van der Waals surface area contributed by atoms with Crippen molar-refractivity contribution in [1.29, 1.82) is 47.4 Å². The molecule has 0 atom stereocenters. The smallest absolute Gasteiger partial charge is 0.202 e. The molecule has 0 N–H and O–H groups in total. The Morgan fingerprint density at radius 2 is 0.903 bits per heavy atom. The summed E-state index contributed by atoms with van der Waals surface area (Å²) in [6.07, 6.45) is 0. The first-order valence-electron chi connectivity index (χ1n) is 17.7. The summed E-state index contributed by atoms with van der Waals surface area (Å²) in [4.78, 5) is 10.8. The molecule has 0 unspecified atom stereocenters. The number of benzene rings is 5. The van der Waals surface area contributed by atoms with Gasteiger partial charge >= 0.3 is 0 Å². The second-order valence-corrected chi connectivity index (χ2v) is 13.3. The van der Waals surface area contributed by atoms with Crippen molar-refractivity contribution in [2.24, 2.45) is 0 Å². The Morgan fingerprint density at radius 3 is 1.39 bits per heavy atom. The normalized spacial score (nSPS) is 13.2. The maximum Gasteiger partial charge on any atom is 0.202 e. The zero-order valence-corrected chi connectivity index (χ0v) is 31.4. The van der Waals surface area contributed by atoms with E-state index < -0.39 is 0 Å². The van der Waals surface area contributed by atoms with Crippen LogP contribution in [0.1, 0.15) is 77.9 Å². The summed E-state index contributed by atoms with van der Waals surface area (Å²) in [5.74, 6) is 0. The SMILES string of the molecule is [C-]#[N+]/C(=C1/C(c2ccc(C#N)c(C#N)c2)=C(C#N)c2cc3c(cc21)/C(=C(\C#N)c1cc(C#N)cc(C#N)c1)C(c1ccc([N+]#[C-])c([N+]#[C-])c1)=C3C#N)c1cc(C#N)cc(C#N)c1. The van der Waals surface area contributed by atoms with E-state index in [0.717, 1.165) is 0 Å². The fraction of sp³-hybridized carbons (Fsp3) is 0. The fourth-order valence-corrected chi connectivity index (χ4v) is 7.61. The maximum atomic E-state index is 11.0. The minimum absolute atomic E-state index is 0.0124. The summed E-state index contributed by atoms with van der Waals surface area (Å²) in [7, 11) is 0. The zero-order chi connectivity index (χ0) is 44.2. The Bertz CT molecular complexity index is 3350. The zero-order valence-electron chi connectivity index (χ0n) is 31.4. The molecule has 0 saturated carbocycles. The maximum absolute atomic E-state index is 11.0. The predicted molar refractivity (Wildman–Crippen MR) is 224 cm³/mol. The molecule has 2 aliphatic rings. The Labute approximate surface area is 354 Å². The lowest BCUT2D eigenvalue weighted by molar-refractivity contribution is 1.42. The summed E-state index contributed by atoms with van der Waals surface area (Å²) < 4.78 is 0. The van der Waals surface area contributed by atoms with E-state index in [9.17, 15) is 47.4 Å². The van der Waals surface area contributed by atoms with E-state index in [1.165, 1.54) is 72.8 Å².